The first kappa shape index (κ1) is 15.8. The number of allylic oxidation sites excluding steroid dienone is 1. The van der Waals surface area contributed by atoms with Crippen molar-refractivity contribution in [2.24, 2.45) is 0 Å². The van der Waals surface area contributed by atoms with Crippen molar-refractivity contribution in [1.82, 2.24) is 0 Å². The van der Waals surface area contributed by atoms with Crippen LogP contribution in [0.25, 0.3) is 0 Å². The Morgan fingerprint density at radius 2 is 1.19 bits per heavy atom. The van der Waals surface area contributed by atoms with Gasteiger partial charge in [0.1, 0.15) is 0 Å². The van der Waals surface area contributed by atoms with Gasteiger partial charge in [0.25, 0.3) is 0 Å². The molecule has 4 heteroatoms. The van der Waals surface area contributed by atoms with Crippen molar-refractivity contribution >= 4 is 8.80 Å². The quantitative estimate of drug-likeness (QED) is 0.485. The lowest BCUT2D eigenvalue weighted by Crippen LogP contribution is -2.50. The van der Waals surface area contributed by atoms with E-state index < -0.39 is 8.80 Å². The van der Waals surface area contributed by atoms with Crippen LogP contribution in [0.2, 0.25) is 6.04 Å². The van der Waals surface area contributed by atoms with Crippen molar-refractivity contribution in [3.8, 4) is 0 Å². The molecule has 0 N–H and O–H groups in total. The van der Waals surface area contributed by atoms with Crippen LogP contribution in [-0.4, -0.2) is 27.1 Å². The van der Waals surface area contributed by atoms with Crippen LogP contribution in [0.4, 0.5) is 0 Å². The molecule has 0 radical (unpaired) electrons. The molecule has 0 aromatic rings. The molecule has 96 valence electrons. The van der Waals surface area contributed by atoms with Crippen molar-refractivity contribution in [2.45, 2.75) is 65.9 Å². The maximum absolute atomic E-state index is 5.92. The van der Waals surface area contributed by atoms with Crippen LogP contribution < -0.4 is 0 Å². The Labute approximate surface area is 101 Å². The monoisotopic (exact) mass is 246 g/mol. The first-order chi connectivity index (χ1) is 7.31. The average molecular weight is 246 g/mol. The predicted octanol–water partition coefficient (Wildman–Crippen LogP) is 3.39. The lowest BCUT2D eigenvalue weighted by Gasteiger charge is -2.33. The van der Waals surface area contributed by atoms with Crippen LogP contribution in [-0.2, 0) is 13.3 Å². The van der Waals surface area contributed by atoms with E-state index in [1.807, 2.05) is 47.6 Å². The van der Waals surface area contributed by atoms with Gasteiger partial charge in [-0.15, -0.1) is 6.58 Å². The molecule has 0 aliphatic heterocycles. The summed E-state index contributed by atoms with van der Waals surface area (Å²) in [6.45, 7) is 15.8. The van der Waals surface area contributed by atoms with Crippen molar-refractivity contribution in [3.05, 3.63) is 12.7 Å². The number of hydrogen-bond donors (Lipinski definition) is 0. The van der Waals surface area contributed by atoms with Crippen molar-refractivity contribution < 1.29 is 13.3 Å². The third-order valence-electron chi connectivity index (χ3n) is 1.64. The van der Waals surface area contributed by atoms with Crippen molar-refractivity contribution in [3.63, 3.8) is 0 Å². The van der Waals surface area contributed by atoms with E-state index in [2.05, 4.69) is 6.58 Å². The Morgan fingerprint density at radius 1 is 0.875 bits per heavy atom. The largest absolute Gasteiger partial charge is 0.505 e. The fourth-order valence-corrected chi connectivity index (χ4v) is 4.45. The van der Waals surface area contributed by atoms with E-state index in [1.165, 1.54) is 0 Å². The lowest BCUT2D eigenvalue weighted by atomic mass is 10.5. The molecule has 0 saturated heterocycles. The normalized spacial score (nSPS) is 12.8. The summed E-state index contributed by atoms with van der Waals surface area (Å²) in [4.78, 5) is 0. The summed E-state index contributed by atoms with van der Waals surface area (Å²) in [5, 5.41) is 0. The minimum atomic E-state index is -2.60. The molecule has 0 aromatic carbocycles. The topological polar surface area (TPSA) is 27.7 Å². The Bertz CT molecular complexity index is 176. The predicted molar refractivity (Wildman–Crippen MR) is 69.4 cm³/mol. The molecule has 0 rings (SSSR count). The molecule has 0 unspecified atom stereocenters. The highest BCUT2D eigenvalue weighted by atomic mass is 28.4. The van der Waals surface area contributed by atoms with E-state index >= 15 is 0 Å². The van der Waals surface area contributed by atoms with E-state index in [1.54, 1.807) is 0 Å². The fraction of sp³-hybridized carbons (Fsp3) is 0.833. The maximum atomic E-state index is 5.92. The zero-order chi connectivity index (χ0) is 12.8. The molecule has 3 nitrogen and oxygen atoms in total. The molecule has 0 saturated carbocycles. The smallest absolute Gasteiger partial charge is 0.371 e. The van der Waals surface area contributed by atoms with Gasteiger partial charge in [-0.2, -0.15) is 0 Å². The molecule has 0 aliphatic rings. The summed E-state index contributed by atoms with van der Waals surface area (Å²) in [5.41, 5.74) is 0. The van der Waals surface area contributed by atoms with Crippen LogP contribution in [0, 0.1) is 0 Å². The van der Waals surface area contributed by atoms with Gasteiger partial charge in [-0.3, -0.25) is 0 Å². The van der Waals surface area contributed by atoms with Crippen LogP contribution in [0.5, 0.6) is 0 Å². The molecule has 0 aromatic heterocycles. The van der Waals surface area contributed by atoms with Crippen molar-refractivity contribution in [1.29, 1.82) is 0 Å². The summed E-state index contributed by atoms with van der Waals surface area (Å²) < 4.78 is 17.8. The molecule has 0 fully saturated rings. The van der Waals surface area contributed by atoms with Crippen LogP contribution in [0.15, 0.2) is 12.7 Å². The van der Waals surface area contributed by atoms with Gasteiger partial charge in [-0.05, 0) is 41.5 Å². The maximum Gasteiger partial charge on any atom is 0.505 e. The molecule has 0 aliphatic carbocycles. The summed E-state index contributed by atoms with van der Waals surface area (Å²) in [5.74, 6) is 0. The number of hydrogen-bond acceptors (Lipinski definition) is 3. The molecule has 0 spiro atoms. The molecule has 16 heavy (non-hydrogen) atoms. The zero-order valence-electron chi connectivity index (χ0n) is 11.4. The highest BCUT2D eigenvalue weighted by Gasteiger charge is 2.42. The van der Waals surface area contributed by atoms with E-state index in [0.29, 0.717) is 6.04 Å². The van der Waals surface area contributed by atoms with Gasteiger partial charge in [-0.1, -0.05) is 6.08 Å². The van der Waals surface area contributed by atoms with E-state index in [0.717, 1.165) is 0 Å². The summed E-state index contributed by atoms with van der Waals surface area (Å²) in [6.07, 6.45) is 2.12. The average Bonchev–Trinajstić information content (AvgIpc) is 1.98. The molecular weight excluding hydrogens is 220 g/mol. The third kappa shape index (κ3) is 6.43. The van der Waals surface area contributed by atoms with Gasteiger partial charge in [0.2, 0.25) is 0 Å². The van der Waals surface area contributed by atoms with Crippen LogP contribution >= 0.6 is 0 Å². The second-order valence-corrected chi connectivity index (χ2v) is 7.16. The highest BCUT2D eigenvalue weighted by Crippen LogP contribution is 2.22. The second-order valence-electron chi connectivity index (χ2n) is 4.68. The Morgan fingerprint density at radius 3 is 1.38 bits per heavy atom. The van der Waals surface area contributed by atoms with E-state index in [-0.39, 0.29) is 18.3 Å². The summed E-state index contributed by atoms with van der Waals surface area (Å²) in [7, 11) is -2.60. The molecular formula is C12H26O3Si. The van der Waals surface area contributed by atoms with E-state index in [4.69, 9.17) is 13.3 Å². The molecule has 0 bridgehead atoms. The first-order valence-electron chi connectivity index (χ1n) is 5.95. The second kappa shape index (κ2) is 7.22. The van der Waals surface area contributed by atoms with Crippen LogP contribution in [0.3, 0.4) is 0 Å². The van der Waals surface area contributed by atoms with Crippen LogP contribution in [0.1, 0.15) is 41.5 Å². The zero-order valence-corrected chi connectivity index (χ0v) is 12.4. The Hall–Kier alpha value is -0.163. The highest BCUT2D eigenvalue weighted by molar-refractivity contribution is 6.61. The minimum Gasteiger partial charge on any atom is -0.371 e. The Kier molecular flexibility index (Phi) is 7.15. The lowest BCUT2D eigenvalue weighted by molar-refractivity contribution is 0.00556. The summed E-state index contributed by atoms with van der Waals surface area (Å²) in [6, 6.07) is 0.654. The van der Waals surface area contributed by atoms with Gasteiger partial charge >= 0.3 is 8.80 Å². The Balaban J connectivity index is 4.79. The van der Waals surface area contributed by atoms with Gasteiger partial charge in [-0.25, -0.2) is 0 Å². The molecule has 0 atom stereocenters. The standard InChI is InChI=1S/C12H26O3Si/c1-8-9-16(13-10(2)3,14-11(4)5)15-12(6)7/h8,10-12H,1,9H2,2-7H3. The minimum absolute atomic E-state index is 0.101. The van der Waals surface area contributed by atoms with Gasteiger partial charge in [0, 0.05) is 24.4 Å². The van der Waals surface area contributed by atoms with Gasteiger partial charge in [0.15, 0.2) is 0 Å². The summed E-state index contributed by atoms with van der Waals surface area (Å²) >= 11 is 0. The molecule has 0 heterocycles. The SMILES string of the molecule is C=CC[Si](OC(C)C)(OC(C)C)OC(C)C. The van der Waals surface area contributed by atoms with Gasteiger partial charge < -0.3 is 13.3 Å². The third-order valence-corrected chi connectivity index (χ3v) is 4.92. The molecule has 0 amide bonds. The van der Waals surface area contributed by atoms with Gasteiger partial charge in [0.05, 0.1) is 0 Å². The van der Waals surface area contributed by atoms with E-state index in [9.17, 15) is 0 Å². The number of rotatable bonds is 8. The van der Waals surface area contributed by atoms with Crippen molar-refractivity contribution in [2.75, 3.05) is 0 Å². The first-order valence-corrected chi connectivity index (χ1v) is 7.89. The fourth-order valence-electron chi connectivity index (χ4n) is 1.48.